The second-order valence-corrected chi connectivity index (χ2v) is 8.29. The van der Waals surface area contributed by atoms with Crippen LogP contribution in [0.1, 0.15) is 22.8 Å². The smallest absolute Gasteiger partial charge is 0.269 e. The van der Waals surface area contributed by atoms with Crippen LogP contribution in [-0.4, -0.2) is 19.5 Å². The molecule has 0 bridgehead atoms. The number of imidazole rings is 1. The van der Waals surface area contributed by atoms with Gasteiger partial charge in [-0.1, -0.05) is 24.3 Å². The summed E-state index contributed by atoms with van der Waals surface area (Å²) in [5.74, 6) is 0.547. The molecular formula is C28H21N5O2. The zero-order valence-electron chi connectivity index (χ0n) is 19.2. The number of rotatable bonds is 5. The fraction of sp³-hybridized carbons (Fsp3) is 0.0714. The first kappa shape index (κ1) is 21.9. The quantitative estimate of drug-likeness (QED) is 0.181. The summed E-state index contributed by atoms with van der Waals surface area (Å²) < 4.78 is 2.14. The molecule has 0 saturated heterocycles. The van der Waals surface area contributed by atoms with Crippen molar-refractivity contribution in [2.45, 2.75) is 13.8 Å². The van der Waals surface area contributed by atoms with E-state index in [4.69, 9.17) is 0 Å². The van der Waals surface area contributed by atoms with Crippen molar-refractivity contribution in [2.75, 3.05) is 0 Å². The number of hydrogen-bond donors (Lipinski definition) is 1. The van der Waals surface area contributed by atoms with Crippen LogP contribution in [0.4, 0.5) is 5.69 Å². The summed E-state index contributed by atoms with van der Waals surface area (Å²) in [4.78, 5) is 18.3. The maximum atomic E-state index is 10.9. The van der Waals surface area contributed by atoms with Gasteiger partial charge in [0.15, 0.2) is 0 Å². The molecule has 0 spiro atoms. The standard InChI is InChI=1S/C28H21N5O2/c1-18-15-22(16-23(17-29)28-30-26-5-3-4-6-27(26)31-28)19(2)32(18)24-11-7-20(8-12-24)21-9-13-25(14-10-21)33(34)35/h3-16H,1-2H3,(H,30,31). The Morgan fingerprint density at radius 1 is 1.03 bits per heavy atom. The van der Waals surface area contributed by atoms with Gasteiger partial charge in [0.05, 0.1) is 21.5 Å². The van der Waals surface area contributed by atoms with Gasteiger partial charge in [0, 0.05) is 29.2 Å². The topological polar surface area (TPSA) is 101 Å². The molecule has 0 saturated carbocycles. The van der Waals surface area contributed by atoms with Gasteiger partial charge in [0.1, 0.15) is 11.9 Å². The zero-order valence-corrected chi connectivity index (χ0v) is 19.2. The molecule has 35 heavy (non-hydrogen) atoms. The molecule has 0 unspecified atom stereocenters. The minimum Gasteiger partial charge on any atom is -0.337 e. The Hall–Kier alpha value is -4.96. The van der Waals surface area contributed by atoms with E-state index in [-0.39, 0.29) is 5.69 Å². The van der Waals surface area contributed by atoms with Crippen LogP contribution in [-0.2, 0) is 0 Å². The van der Waals surface area contributed by atoms with Crippen molar-refractivity contribution in [2.24, 2.45) is 0 Å². The molecule has 0 aliphatic rings. The predicted octanol–water partition coefficient (Wildman–Crippen LogP) is 6.61. The van der Waals surface area contributed by atoms with E-state index in [1.165, 1.54) is 12.1 Å². The summed E-state index contributed by atoms with van der Waals surface area (Å²) in [6.45, 7) is 4.05. The van der Waals surface area contributed by atoms with E-state index < -0.39 is 4.92 Å². The van der Waals surface area contributed by atoms with E-state index in [9.17, 15) is 15.4 Å². The molecule has 2 aromatic heterocycles. The number of nitrogens with one attached hydrogen (secondary N) is 1. The number of non-ortho nitro benzene ring substituents is 1. The first-order chi connectivity index (χ1) is 16.9. The number of aromatic nitrogens is 3. The average molecular weight is 460 g/mol. The largest absolute Gasteiger partial charge is 0.337 e. The van der Waals surface area contributed by atoms with E-state index in [1.807, 2.05) is 68.5 Å². The van der Waals surface area contributed by atoms with Gasteiger partial charge in [-0.05, 0) is 79.1 Å². The molecule has 0 amide bonds. The van der Waals surface area contributed by atoms with Gasteiger partial charge in [0.25, 0.3) is 5.69 Å². The molecule has 1 N–H and O–H groups in total. The fourth-order valence-corrected chi connectivity index (χ4v) is 4.30. The van der Waals surface area contributed by atoms with Crippen LogP contribution in [0.3, 0.4) is 0 Å². The van der Waals surface area contributed by atoms with E-state index in [0.717, 1.165) is 44.8 Å². The van der Waals surface area contributed by atoms with Crippen molar-refractivity contribution in [1.82, 2.24) is 14.5 Å². The molecule has 7 nitrogen and oxygen atoms in total. The van der Waals surface area contributed by atoms with Crippen LogP contribution >= 0.6 is 0 Å². The maximum Gasteiger partial charge on any atom is 0.269 e. The average Bonchev–Trinajstić information content (AvgIpc) is 3.42. The Morgan fingerprint density at radius 2 is 1.69 bits per heavy atom. The van der Waals surface area contributed by atoms with Gasteiger partial charge >= 0.3 is 0 Å². The van der Waals surface area contributed by atoms with Crippen LogP contribution in [0, 0.1) is 35.3 Å². The Morgan fingerprint density at radius 3 is 2.31 bits per heavy atom. The fourth-order valence-electron chi connectivity index (χ4n) is 4.30. The minimum atomic E-state index is -0.400. The number of H-pyrrole nitrogens is 1. The highest BCUT2D eigenvalue weighted by Gasteiger charge is 2.13. The van der Waals surface area contributed by atoms with Crippen molar-refractivity contribution in [3.8, 4) is 22.9 Å². The molecule has 2 heterocycles. The normalized spacial score (nSPS) is 11.5. The number of aromatic amines is 1. The van der Waals surface area contributed by atoms with Crippen molar-refractivity contribution < 1.29 is 4.92 Å². The number of aryl methyl sites for hydroxylation is 1. The number of para-hydroxylation sites is 2. The van der Waals surface area contributed by atoms with Gasteiger partial charge < -0.3 is 9.55 Å². The molecule has 0 radical (unpaired) electrons. The Balaban J connectivity index is 1.47. The summed E-state index contributed by atoms with van der Waals surface area (Å²) >= 11 is 0. The van der Waals surface area contributed by atoms with Crippen LogP contribution < -0.4 is 0 Å². The van der Waals surface area contributed by atoms with Crippen molar-refractivity contribution >= 4 is 28.4 Å². The van der Waals surface area contributed by atoms with Crippen molar-refractivity contribution in [3.05, 3.63) is 112 Å². The molecular weight excluding hydrogens is 438 g/mol. The van der Waals surface area contributed by atoms with Gasteiger partial charge in [0.2, 0.25) is 0 Å². The van der Waals surface area contributed by atoms with E-state index >= 15 is 0 Å². The van der Waals surface area contributed by atoms with Crippen LogP contribution in [0.15, 0.2) is 78.9 Å². The Labute approximate surface area is 201 Å². The van der Waals surface area contributed by atoms with E-state index in [1.54, 1.807) is 12.1 Å². The third-order valence-electron chi connectivity index (χ3n) is 6.07. The monoisotopic (exact) mass is 459 g/mol. The van der Waals surface area contributed by atoms with Gasteiger partial charge in [-0.3, -0.25) is 10.1 Å². The van der Waals surface area contributed by atoms with Gasteiger partial charge in [-0.2, -0.15) is 5.26 Å². The lowest BCUT2D eigenvalue weighted by Crippen LogP contribution is -1.99. The SMILES string of the molecule is Cc1cc(C=C(C#N)c2nc3ccccc3[nH]2)c(C)n1-c1ccc(-c2ccc([N+](=O)[O-])cc2)cc1. The number of fused-ring (bicyclic) bond motifs is 1. The minimum absolute atomic E-state index is 0.0731. The summed E-state index contributed by atoms with van der Waals surface area (Å²) in [6.07, 6.45) is 1.86. The number of nitrogens with zero attached hydrogens (tertiary/aromatic N) is 4. The zero-order chi connectivity index (χ0) is 24.5. The van der Waals surface area contributed by atoms with Crippen molar-refractivity contribution in [3.63, 3.8) is 0 Å². The molecule has 0 fully saturated rings. The van der Waals surface area contributed by atoms with E-state index in [2.05, 4.69) is 26.7 Å². The third kappa shape index (κ3) is 4.09. The second-order valence-electron chi connectivity index (χ2n) is 8.29. The van der Waals surface area contributed by atoms with E-state index in [0.29, 0.717) is 11.4 Å². The summed E-state index contributed by atoms with van der Waals surface area (Å²) in [6, 6.07) is 26.6. The first-order valence-corrected chi connectivity index (χ1v) is 11.1. The molecule has 0 aliphatic carbocycles. The summed E-state index contributed by atoms with van der Waals surface area (Å²) in [7, 11) is 0. The number of benzene rings is 3. The number of allylic oxidation sites excluding steroid dienone is 1. The third-order valence-corrected chi connectivity index (χ3v) is 6.07. The molecule has 5 rings (SSSR count). The lowest BCUT2D eigenvalue weighted by Gasteiger charge is -2.11. The van der Waals surface area contributed by atoms with Crippen LogP contribution in [0.25, 0.3) is 39.5 Å². The summed E-state index contributed by atoms with van der Waals surface area (Å²) in [5, 5.41) is 20.7. The first-order valence-electron chi connectivity index (χ1n) is 11.1. The van der Waals surface area contributed by atoms with Crippen molar-refractivity contribution in [1.29, 1.82) is 5.26 Å². The Kier molecular flexibility index (Phi) is 5.47. The van der Waals surface area contributed by atoms with Gasteiger partial charge in [-0.25, -0.2) is 4.98 Å². The highest BCUT2D eigenvalue weighted by molar-refractivity contribution is 5.90. The lowest BCUT2D eigenvalue weighted by atomic mass is 10.0. The molecule has 7 heteroatoms. The highest BCUT2D eigenvalue weighted by atomic mass is 16.6. The highest BCUT2D eigenvalue weighted by Crippen LogP contribution is 2.28. The lowest BCUT2D eigenvalue weighted by molar-refractivity contribution is -0.384. The van der Waals surface area contributed by atoms with Crippen LogP contribution in [0.5, 0.6) is 0 Å². The predicted molar refractivity (Wildman–Crippen MR) is 137 cm³/mol. The Bertz CT molecular complexity index is 1600. The second kappa shape index (κ2) is 8.76. The number of nitro benzene ring substituents is 1. The molecule has 3 aromatic carbocycles. The molecule has 0 aliphatic heterocycles. The number of nitriles is 1. The summed E-state index contributed by atoms with van der Waals surface area (Å²) in [5.41, 5.74) is 8.13. The maximum absolute atomic E-state index is 10.9. The molecule has 170 valence electrons. The van der Waals surface area contributed by atoms with Gasteiger partial charge in [-0.15, -0.1) is 0 Å². The number of nitro groups is 1. The molecule has 0 atom stereocenters. The molecule has 5 aromatic rings. The van der Waals surface area contributed by atoms with Crippen LogP contribution in [0.2, 0.25) is 0 Å². The number of hydrogen-bond acceptors (Lipinski definition) is 4.